The minimum Gasteiger partial charge on any atom is -0.454 e. The van der Waals surface area contributed by atoms with Gasteiger partial charge in [0.1, 0.15) is 5.75 Å². The highest BCUT2D eigenvalue weighted by Crippen LogP contribution is 2.33. The zero-order valence-electron chi connectivity index (χ0n) is 13.9. The third-order valence-corrected chi connectivity index (χ3v) is 4.28. The van der Waals surface area contributed by atoms with E-state index in [4.69, 9.17) is 14.2 Å². The molecule has 4 rings (SSSR count). The fraction of sp³-hybridized carbons (Fsp3) is 0.200. The van der Waals surface area contributed by atoms with Crippen LogP contribution >= 0.6 is 0 Å². The summed E-state index contributed by atoms with van der Waals surface area (Å²) in [5.41, 5.74) is 1.73. The first-order valence-electron chi connectivity index (χ1n) is 8.25. The van der Waals surface area contributed by atoms with Crippen LogP contribution in [0, 0.1) is 0 Å². The van der Waals surface area contributed by atoms with Crippen molar-refractivity contribution < 1.29 is 23.0 Å². The molecule has 0 saturated heterocycles. The molecule has 134 valence electrons. The van der Waals surface area contributed by atoms with Crippen LogP contribution in [0.4, 0.5) is 8.78 Å². The molecule has 0 saturated carbocycles. The molecule has 26 heavy (non-hydrogen) atoms. The molecule has 0 aliphatic carbocycles. The van der Waals surface area contributed by atoms with E-state index in [2.05, 4.69) is 5.32 Å². The molecule has 6 heteroatoms. The average Bonchev–Trinajstić information content (AvgIpc) is 3.10. The normalized spacial score (nSPS) is 12.7. The maximum Gasteiger partial charge on any atom is 0.387 e. The summed E-state index contributed by atoms with van der Waals surface area (Å²) in [6, 6.07) is 16.8. The van der Waals surface area contributed by atoms with Gasteiger partial charge in [-0.25, -0.2) is 0 Å². The molecular weight excluding hydrogens is 340 g/mol. The van der Waals surface area contributed by atoms with Crippen molar-refractivity contribution in [3.05, 3.63) is 65.7 Å². The molecule has 1 N–H and O–H groups in total. The van der Waals surface area contributed by atoms with Crippen LogP contribution in [0.2, 0.25) is 0 Å². The van der Waals surface area contributed by atoms with E-state index >= 15 is 0 Å². The van der Waals surface area contributed by atoms with Crippen molar-refractivity contribution in [3.63, 3.8) is 0 Å². The van der Waals surface area contributed by atoms with Crippen molar-refractivity contribution in [1.82, 2.24) is 5.32 Å². The van der Waals surface area contributed by atoms with Gasteiger partial charge in [0.25, 0.3) is 0 Å². The standard InChI is InChI=1S/C20H17F2NO3/c21-20(22)26-17-8-6-14-3-1-2-4-15(14)16(17)11-23-10-13-5-7-18-19(9-13)25-12-24-18/h1-9,20,23H,10-12H2. The van der Waals surface area contributed by atoms with Gasteiger partial charge < -0.3 is 19.5 Å². The second-order valence-electron chi connectivity index (χ2n) is 5.93. The van der Waals surface area contributed by atoms with Gasteiger partial charge in [0.05, 0.1) is 0 Å². The summed E-state index contributed by atoms with van der Waals surface area (Å²) in [6.45, 7) is -1.66. The molecule has 3 aromatic carbocycles. The van der Waals surface area contributed by atoms with Crippen LogP contribution in [0.1, 0.15) is 11.1 Å². The molecule has 0 bridgehead atoms. The molecule has 0 radical (unpaired) electrons. The summed E-state index contributed by atoms with van der Waals surface area (Å²) < 4.78 is 40.9. The summed E-state index contributed by atoms with van der Waals surface area (Å²) in [7, 11) is 0. The zero-order chi connectivity index (χ0) is 17.9. The maximum absolute atomic E-state index is 12.7. The SMILES string of the molecule is FC(F)Oc1ccc2ccccc2c1CNCc1ccc2c(c1)OCO2. The summed E-state index contributed by atoms with van der Waals surface area (Å²) in [5.74, 6) is 1.64. The van der Waals surface area contributed by atoms with E-state index in [-0.39, 0.29) is 12.5 Å². The van der Waals surface area contributed by atoms with Crippen LogP contribution in [-0.2, 0) is 13.1 Å². The Kier molecular flexibility index (Phi) is 4.58. The highest BCUT2D eigenvalue weighted by Gasteiger charge is 2.15. The number of halogens is 2. The van der Waals surface area contributed by atoms with Gasteiger partial charge in [0.15, 0.2) is 11.5 Å². The quantitative estimate of drug-likeness (QED) is 0.707. The fourth-order valence-electron chi connectivity index (χ4n) is 3.09. The van der Waals surface area contributed by atoms with Gasteiger partial charge in [0, 0.05) is 18.7 Å². The molecular formula is C20H17F2NO3. The number of ether oxygens (including phenoxy) is 3. The first-order valence-corrected chi connectivity index (χ1v) is 8.25. The molecule has 0 aromatic heterocycles. The first-order chi connectivity index (χ1) is 12.7. The maximum atomic E-state index is 12.7. The monoisotopic (exact) mass is 357 g/mol. The van der Waals surface area contributed by atoms with Gasteiger partial charge in [-0.05, 0) is 34.5 Å². The summed E-state index contributed by atoms with van der Waals surface area (Å²) in [6.07, 6.45) is 0. The van der Waals surface area contributed by atoms with Gasteiger partial charge in [-0.1, -0.05) is 36.4 Å². The summed E-state index contributed by atoms with van der Waals surface area (Å²) >= 11 is 0. The van der Waals surface area contributed by atoms with Crippen molar-refractivity contribution in [2.75, 3.05) is 6.79 Å². The van der Waals surface area contributed by atoms with Crippen molar-refractivity contribution in [1.29, 1.82) is 0 Å². The number of benzene rings is 3. The van der Waals surface area contributed by atoms with E-state index < -0.39 is 6.61 Å². The Bertz CT molecular complexity index is 930. The minimum atomic E-state index is -2.86. The lowest BCUT2D eigenvalue weighted by Gasteiger charge is -2.14. The van der Waals surface area contributed by atoms with E-state index in [1.165, 1.54) is 0 Å². The second-order valence-corrected chi connectivity index (χ2v) is 5.93. The molecule has 0 amide bonds. The van der Waals surface area contributed by atoms with Gasteiger partial charge in [-0.2, -0.15) is 8.78 Å². The van der Waals surface area contributed by atoms with Crippen LogP contribution < -0.4 is 19.5 Å². The minimum absolute atomic E-state index is 0.192. The smallest absolute Gasteiger partial charge is 0.387 e. The summed E-state index contributed by atoms with van der Waals surface area (Å²) in [5, 5.41) is 5.17. The van der Waals surface area contributed by atoms with Crippen LogP contribution in [0.3, 0.4) is 0 Å². The Hall–Kier alpha value is -2.86. The van der Waals surface area contributed by atoms with Crippen molar-refractivity contribution in [2.45, 2.75) is 19.7 Å². The predicted octanol–water partition coefficient (Wildman–Crippen LogP) is 4.46. The Morgan fingerprint density at radius 1 is 0.962 bits per heavy atom. The zero-order valence-corrected chi connectivity index (χ0v) is 13.9. The Morgan fingerprint density at radius 3 is 2.69 bits per heavy atom. The number of hydrogen-bond acceptors (Lipinski definition) is 4. The van der Waals surface area contributed by atoms with E-state index in [1.54, 1.807) is 12.1 Å². The van der Waals surface area contributed by atoms with Crippen molar-refractivity contribution >= 4 is 10.8 Å². The van der Waals surface area contributed by atoms with Crippen LogP contribution in [0.5, 0.6) is 17.2 Å². The number of fused-ring (bicyclic) bond motifs is 2. The van der Waals surface area contributed by atoms with Crippen molar-refractivity contribution in [2.24, 2.45) is 0 Å². The number of hydrogen-bond donors (Lipinski definition) is 1. The summed E-state index contributed by atoms with van der Waals surface area (Å²) in [4.78, 5) is 0. The second kappa shape index (κ2) is 7.17. The molecule has 0 spiro atoms. The molecule has 0 atom stereocenters. The molecule has 1 aliphatic heterocycles. The lowest BCUT2D eigenvalue weighted by atomic mass is 10.0. The Balaban J connectivity index is 1.54. The lowest BCUT2D eigenvalue weighted by molar-refractivity contribution is -0.0503. The fourth-order valence-corrected chi connectivity index (χ4v) is 3.09. The van der Waals surface area contributed by atoms with Gasteiger partial charge in [-0.3, -0.25) is 0 Å². The molecule has 1 aliphatic rings. The van der Waals surface area contributed by atoms with E-state index in [1.807, 2.05) is 42.5 Å². The third kappa shape index (κ3) is 3.41. The molecule has 1 heterocycles. The highest BCUT2D eigenvalue weighted by atomic mass is 19.3. The van der Waals surface area contributed by atoms with E-state index in [9.17, 15) is 8.78 Å². The Morgan fingerprint density at radius 2 is 1.81 bits per heavy atom. The first kappa shape index (κ1) is 16.6. The highest BCUT2D eigenvalue weighted by molar-refractivity contribution is 5.87. The van der Waals surface area contributed by atoms with Crippen molar-refractivity contribution in [3.8, 4) is 17.2 Å². The number of rotatable bonds is 6. The molecule has 3 aromatic rings. The van der Waals surface area contributed by atoms with Crippen LogP contribution in [0.15, 0.2) is 54.6 Å². The van der Waals surface area contributed by atoms with Crippen LogP contribution in [-0.4, -0.2) is 13.4 Å². The van der Waals surface area contributed by atoms with Crippen LogP contribution in [0.25, 0.3) is 10.8 Å². The van der Waals surface area contributed by atoms with Gasteiger partial charge >= 0.3 is 6.61 Å². The average molecular weight is 357 g/mol. The molecule has 0 unspecified atom stereocenters. The Labute approximate surface area is 149 Å². The van der Waals surface area contributed by atoms with E-state index in [0.717, 1.165) is 27.8 Å². The third-order valence-electron chi connectivity index (χ3n) is 4.28. The number of nitrogens with one attached hydrogen (secondary N) is 1. The lowest BCUT2D eigenvalue weighted by Crippen LogP contribution is -2.15. The largest absolute Gasteiger partial charge is 0.454 e. The predicted molar refractivity (Wildman–Crippen MR) is 93.7 cm³/mol. The molecule has 4 nitrogen and oxygen atoms in total. The molecule has 0 fully saturated rings. The van der Waals surface area contributed by atoms with Gasteiger partial charge in [-0.15, -0.1) is 0 Å². The van der Waals surface area contributed by atoms with Gasteiger partial charge in [0.2, 0.25) is 6.79 Å². The van der Waals surface area contributed by atoms with E-state index in [0.29, 0.717) is 18.7 Å². The topological polar surface area (TPSA) is 39.7 Å². The number of alkyl halides is 2.